The number of methoxy groups -OCH3 is 1. The van der Waals surface area contributed by atoms with Gasteiger partial charge in [-0.05, 0) is 68.8 Å². The number of aryl methyl sites for hydroxylation is 1. The fraction of sp³-hybridized carbons (Fsp3) is 0.292. The molecular formula is C24H26FN3O5S. The third-order valence-electron chi connectivity index (χ3n) is 5.64. The lowest BCUT2D eigenvalue weighted by molar-refractivity contribution is -0.142. The number of aromatic nitrogens is 2. The van der Waals surface area contributed by atoms with Gasteiger partial charge in [-0.25, -0.2) is 12.8 Å². The average Bonchev–Trinajstić information content (AvgIpc) is 3.20. The van der Waals surface area contributed by atoms with Crippen LogP contribution < -0.4 is 5.32 Å². The van der Waals surface area contributed by atoms with Crippen molar-refractivity contribution in [2.75, 3.05) is 7.11 Å². The first kappa shape index (κ1) is 25.1. The fourth-order valence-electron chi connectivity index (χ4n) is 3.38. The Balaban J connectivity index is 1.76. The first-order chi connectivity index (χ1) is 15.9. The topological polar surface area (TPSA) is 107 Å². The Morgan fingerprint density at radius 2 is 1.68 bits per heavy atom. The van der Waals surface area contributed by atoms with Crippen molar-refractivity contribution in [1.29, 1.82) is 0 Å². The second-order valence-electron chi connectivity index (χ2n) is 8.31. The van der Waals surface area contributed by atoms with Crippen molar-refractivity contribution in [2.24, 2.45) is 7.05 Å². The predicted octanol–water partition coefficient (Wildman–Crippen LogP) is 3.44. The van der Waals surface area contributed by atoms with Gasteiger partial charge in [0.25, 0.3) is 5.91 Å². The highest BCUT2D eigenvalue weighted by molar-refractivity contribution is 7.93. The number of halogens is 1. The van der Waals surface area contributed by atoms with Crippen LogP contribution in [0, 0.1) is 5.82 Å². The van der Waals surface area contributed by atoms with Crippen molar-refractivity contribution in [1.82, 2.24) is 15.1 Å². The molecule has 1 aromatic heterocycles. The lowest BCUT2D eigenvalue weighted by atomic mass is 10.1. The predicted molar refractivity (Wildman–Crippen MR) is 124 cm³/mol. The van der Waals surface area contributed by atoms with E-state index in [0.717, 1.165) is 7.11 Å². The zero-order valence-corrected chi connectivity index (χ0v) is 20.3. The molecule has 0 saturated carbocycles. The highest BCUT2D eigenvalue weighted by Gasteiger charge is 2.43. The summed E-state index contributed by atoms with van der Waals surface area (Å²) in [6, 6.07) is 12.9. The molecule has 180 valence electrons. The first-order valence-corrected chi connectivity index (χ1v) is 11.9. The summed E-state index contributed by atoms with van der Waals surface area (Å²) in [5.41, 5.74) is 2.19. The molecule has 0 bridgehead atoms. The quantitative estimate of drug-likeness (QED) is 0.512. The number of amides is 1. The highest BCUT2D eigenvalue weighted by atomic mass is 32.2. The highest BCUT2D eigenvalue weighted by Crippen LogP contribution is 2.28. The van der Waals surface area contributed by atoms with Crippen LogP contribution in [0.2, 0.25) is 0 Å². The number of carbonyl (C=O) groups excluding carboxylic acids is 2. The zero-order valence-electron chi connectivity index (χ0n) is 19.5. The number of rotatable bonds is 7. The maximum absolute atomic E-state index is 13.2. The van der Waals surface area contributed by atoms with Gasteiger partial charge >= 0.3 is 5.97 Å². The van der Waals surface area contributed by atoms with E-state index in [1.165, 1.54) is 42.8 Å². The van der Waals surface area contributed by atoms with Crippen LogP contribution in [-0.4, -0.2) is 41.9 Å². The Labute approximate surface area is 197 Å². The average molecular weight is 488 g/mol. The molecule has 0 spiro atoms. The normalized spacial score (nSPS) is 12.8. The number of nitrogens with one attached hydrogen (secondary N) is 1. The SMILES string of the molecule is COC(=O)C(C)(C)S(=O)(=O)c1ccc(C(C)NC(=O)c2cc(-c3ccc(F)cc3)nn2C)cc1. The fourth-order valence-corrected chi connectivity index (χ4v) is 4.77. The van der Waals surface area contributed by atoms with Crippen molar-refractivity contribution in [3.8, 4) is 11.3 Å². The molecule has 0 aliphatic rings. The van der Waals surface area contributed by atoms with Gasteiger partial charge in [-0.15, -0.1) is 0 Å². The molecule has 34 heavy (non-hydrogen) atoms. The van der Waals surface area contributed by atoms with E-state index in [1.54, 1.807) is 44.3 Å². The van der Waals surface area contributed by atoms with Gasteiger partial charge in [-0.1, -0.05) is 12.1 Å². The molecular weight excluding hydrogens is 461 g/mol. The van der Waals surface area contributed by atoms with Gasteiger partial charge < -0.3 is 10.1 Å². The molecule has 1 amide bonds. The number of hydrogen-bond donors (Lipinski definition) is 1. The summed E-state index contributed by atoms with van der Waals surface area (Å²) in [4.78, 5) is 24.8. The van der Waals surface area contributed by atoms with E-state index in [4.69, 9.17) is 0 Å². The van der Waals surface area contributed by atoms with E-state index >= 15 is 0 Å². The summed E-state index contributed by atoms with van der Waals surface area (Å²) >= 11 is 0. The van der Waals surface area contributed by atoms with E-state index in [1.807, 2.05) is 0 Å². The van der Waals surface area contributed by atoms with Crippen LogP contribution in [0.5, 0.6) is 0 Å². The molecule has 0 saturated heterocycles. The van der Waals surface area contributed by atoms with Crippen LogP contribution in [0.1, 0.15) is 42.9 Å². The Morgan fingerprint density at radius 3 is 2.24 bits per heavy atom. The Bertz CT molecular complexity index is 1310. The van der Waals surface area contributed by atoms with Crippen LogP contribution in [0.25, 0.3) is 11.3 Å². The van der Waals surface area contributed by atoms with Gasteiger partial charge in [0.1, 0.15) is 11.5 Å². The summed E-state index contributed by atoms with van der Waals surface area (Å²) in [7, 11) is -1.22. The molecule has 10 heteroatoms. The standard InChI is InChI=1S/C24H26FN3O5S/c1-15(16-8-12-19(13-9-16)34(31,32)24(2,3)23(30)33-5)26-22(29)21-14-20(27-28(21)4)17-6-10-18(25)11-7-17/h6-15H,1-5H3,(H,26,29). The zero-order chi connectivity index (χ0) is 25.3. The Kier molecular flexibility index (Phi) is 6.92. The van der Waals surface area contributed by atoms with Crippen LogP contribution in [0.3, 0.4) is 0 Å². The number of benzene rings is 2. The van der Waals surface area contributed by atoms with Gasteiger partial charge in [0.05, 0.1) is 23.7 Å². The van der Waals surface area contributed by atoms with Gasteiger partial charge in [0, 0.05) is 12.6 Å². The summed E-state index contributed by atoms with van der Waals surface area (Å²) in [6.07, 6.45) is 0. The van der Waals surface area contributed by atoms with Crippen molar-refractivity contribution in [3.05, 3.63) is 71.7 Å². The summed E-state index contributed by atoms with van der Waals surface area (Å²) in [5, 5.41) is 7.18. The third kappa shape index (κ3) is 4.72. The number of carbonyl (C=O) groups is 2. The van der Waals surface area contributed by atoms with Crippen LogP contribution in [0.4, 0.5) is 4.39 Å². The van der Waals surface area contributed by atoms with E-state index in [2.05, 4.69) is 15.2 Å². The molecule has 3 aromatic rings. The van der Waals surface area contributed by atoms with E-state index < -0.39 is 26.6 Å². The van der Waals surface area contributed by atoms with E-state index in [-0.39, 0.29) is 16.6 Å². The molecule has 8 nitrogen and oxygen atoms in total. The maximum Gasteiger partial charge on any atom is 0.327 e. The molecule has 0 aliphatic heterocycles. The van der Waals surface area contributed by atoms with Gasteiger partial charge in [0.15, 0.2) is 14.6 Å². The van der Waals surface area contributed by atoms with Crippen LogP contribution >= 0.6 is 0 Å². The van der Waals surface area contributed by atoms with Crippen LogP contribution in [0.15, 0.2) is 59.5 Å². The monoisotopic (exact) mass is 487 g/mol. The molecule has 1 unspecified atom stereocenters. The van der Waals surface area contributed by atoms with E-state index in [0.29, 0.717) is 22.5 Å². The molecule has 1 heterocycles. The Morgan fingerprint density at radius 1 is 1.09 bits per heavy atom. The third-order valence-corrected chi connectivity index (χ3v) is 8.04. The minimum Gasteiger partial charge on any atom is -0.468 e. The van der Waals surface area contributed by atoms with Crippen molar-refractivity contribution >= 4 is 21.7 Å². The summed E-state index contributed by atoms with van der Waals surface area (Å²) < 4.78 is 43.2. The summed E-state index contributed by atoms with van der Waals surface area (Å²) in [6.45, 7) is 4.34. The van der Waals surface area contributed by atoms with Crippen molar-refractivity contribution < 1.29 is 27.1 Å². The van der Waals surface area contributed by atoms with Gasteiger partial charge in [0.2, 0.25) is 0 Å². The molecule has 0 aliphatic carbocycles. The largest absolute Gasteiger partial charge is 0.468 e. The minimum absolute atomic E-state index is 0.0271. The summed E-state index contributed by atoms with van der Waals surface area (Å²) in [5.74, 6) is -1.59. The number of esters is 1. The second-order valence-corrected chi connectivity index (χ2v) is 10.8. The Hall–Kier alpha value is -3.53. The molecule has 0 radical (unpaired) electrons. The second kappa shape index (κ2) is 9.38. The molecule has 0 fully saturated rings. The number of hydrogen-bond acceptors (Lipinski definition) is 6. The molecule has 1 atom stereocenters. The number of sulfone groups is 1. The first-order valence-electron chi connectivity index (χ1n) is 10.4. The maximum atomic E-state index is 13.2. The lowest BCUT2D eigenvalue weighted by Crippen LogP contribution is -2.41. The number of ether oxygens (including phenoxy) is 1. The smallest absolute Gasteiger partial charge is 0.327 e. The van der Waals surface area contributed by atoms with E-state index in [9.17, 15) is 22.4 Å². The van der Waals surface area contributed by atoms with Gasteiger partial charge in [-0.2, -0.15) is 5.10 Å². The van der Waals surface area contributed by atoms with Crippen molar-refractivity contribution in [3.63, 3.8) is 0 Å². The lowest BCUT2D eigenvalue weighted by Gasteiger charge is -2.22. The van der Waals surface area contributed by atoms with Crippen molar-refractivity contribution in [2.45, 2.75) is 36.5 Å². The number of nitrogens with zero attached hydrogens (tertiary/aromatic N) is 2. The molecule has 3 rings (SSSR count). The molecule has 1 N–H and O–H groups in total. The molecule has 2 aromatic carbocycles. The van der Waals surface area contributed by atoms with Crippen LogP contribution in [-0.2, 0) is 26.4 Å². The van der Waals surface area contributed by atoms with Gasteiger partial charge in [-0.3, -0.25) is 14.3 Å². The minimum atomic E-state index is -3.99.